The summed E-state index contributed by atoms with van der Waals surface area (Å²) in [6.45, 7) is 3.96. The molecule has 3 rings (SSSR count). The fraction of sp³-hybridized carbons (Fsp3) is 0.188. The van der Waals surface area contributed by atoms with Gasteiger partial charge in [-0.2, -0.15) is 5.10 Å². The minimum atomic E-state index is -0.143. The number of amides is 1. The zero-order chi connectivity index (χ0) is 16.2. The average Bonchev–Trinajstić information content (AvgIpc) is 3.08. The molecule has 2 N–H and O–H groups in total. The number of aryl methyl sites for hydroxylation is 2. The van der Waals surface area contributed by atoms with Crippen molar-refractivity contribution >= 4 is 45.4 Å². The second-order valence-electron chi connectivity index (χ2n) is 5.06. The number of hydrazone groups is 1. The monoisotopic (exact) mass is 344 g/mol. The minimum absolute atomic E-state index is 0.143. The van der Waals surface area contributed by atoms with Gasteiger partial charge in [0.15, 0.2) is 4.34 Å². The van der Waals surface area contributed by atoms with E-state index in [-0.39, 0.29) is 5.91 Å². The van der Waals surface area contributed by atoms with Crippen LogP contribution >= 0.6 is 23.1 Å². The lowest BCUT2D eigenvalue weighted by Gasteiger charge is -1.97. The van der Waals surface area contributed by atoms with Gasteiger partial charge >= 0.3 is 0 Å². The van der Waals surface area contributed by atoms with Gasteiger partial charge in [-0.05, 0) is 32.0 Å². The number of carbonyl (C=O) groups is 1. The standard InChI is InChI=1S/C16H16N4OS2/c1-10-7-12(11(2)18-10)8-17-20-15(21)9-22-16-19-13-5-3-4-6-14(13)23-16/h3-8,18H,9H2,1-2H3,(H,20,21)/b17-8+. The maximum Gasteiger partial charge on any atom is 0.250 e. The SMILES string of the molecule is Cc1cc(/C=N/NC(=O)CSc2nc3ccccc3s2)c(C)[nH]1. The summed E-state index contributed by atoms with van der Waals surface area (Å²) in [6.07, 6.45) is 1.65. The van der Waals surface area contributed by atoms with E-state index in [1.807, 2.05) is 44.2 Å². The lowest BCUT2D eigenvalue weighted by molar-refractivity contribution is -0.118. The van der Waals surface area contributed by atoms with Crippen LogP contribution in [0.1, 0.15) is 17.0 Å². The van der Waals surface area contributed by atoms with Gasteiger partial charge in [0.1, 0.15) is 0 Å². The van der Waals surface area contributed by atoms with Crippen molar-refractivity contribution in [2.45, 2.75) is 18.2 Å². The molecule has 2 aromatic heterocycles. The van der Waals surface area contributed by atoms with Crippen molar-refractivity contribution in [2.75, 3.05) is 5.75 Å². The van der Waals surface area contributed by atoms with Gasteiger partial charge < -0.3 is 4.98 Å². The van der Waals surface area contributed by atoms with E-state index >= 15 is 0 Å². The van der Waals surface area contributed by atoms with Crippen LogP contribution in [0.5, 0.6) is 0 Å². The molecular weight excluding hydrogens is 328 g/mol. The Morgan fingerprint density at radius 2 is 2.26 bits per heavy atom. The molecule has 0 aliphatic heterocycles. The summed E-state index contributed by atoms with van der Waals surface area (Å²) in [6, 6.07) is 9.94. The van der Waals surface area contributed by atoms with Crippen molar-refractivity contribution < 1.29 is 4.79 Å². The third-order valence-corrected chi connectivity index (χ3v) is 5.36. The topological polar surface area (TPSA) is 70.1 Å². The summed E-state index contributed by atoms with van der Waals surface area (Å²) in [5.74, 6) is 0.151. The summed E-state index contributed by atoms with van der Waals surface area (Å²) in [5, 5.41) is 4.00. The molecule has 0 aliphatic rings. The van der Waals surface area contributed by atoms with E-state index in [4.69, 9.17) is 0 Å². The Labute approximate surface area is 142 Å². The number of thiazole rings is 1. The van der Waals surface area contributed by atoms with Crippen LogP contribution in [0.25, 0.3) is 10.2 Å². The van der Waals surface area contributed by atoms with E-state index in [2.05, 4.69) is 20.5 Å². The average molecular weight is 344 g/mol. The normalized spacial score (nSPS) is 11.4. The molecule has 0 saturated carbocycles. The van der Waals surface area contributed by atoms with Crippen LogP contribution in [0.4, 0.5) is 0 Å². The highest BCUT2D eigenvalue weighted by molar-refractivity contribution is 8.01. The molecule has 5 nitrogen and oxygen atoms in total. The zero-order valence-electron chi connectivity index (χ0n) is 12.8. The van der Waals surface area contributed by atoms with E-state index < -0.39 is 0 Å². The van der Waals surface area contributed by atoms with Gasteiger partial charge in [0.2, 0.25) is 0 Å². The molecule has 3 aromatic rings. The summed E-state index contributed by atoms with van der Waals surface area (Å²) in [4.78, 5) is 19.5. The number of aromatic amines is 1. The van der Waals surface area contributed by atoms with Crippen molar-refractivity contribution in [1.82, 2.24) is 15.4 Å². The molecule has 0 aliphatic carbocycles. The second-order valence-corrected chi connectivity index (χ2v) is 7.32. The smallest absolute Gasteiger partial charge is 0.250 e. The summed E-state index contributed by atoms with van der Waals surface area (Å²) < 4.78 is 2.02. The number of hydrogen-bond donors (Lipinski definition) is 2. The fourth-order valence-corrected chi connectivity index (χ4v) is 3.99. The van der Waals surface area contributed by atoms with Crippen molar-refractivity contribution in [3.05, 3.63) is 47.3 Å². The molecule has 23 heavy (non-hydrogen) atoms. The highest BCUT2D eigenvalue weighted by Crippen LogP contribution is 2.28. The lowest BCUT2D eigenvalue weighted by Crippen LogP contribution is -2.19. The van der Waals surface area contributed by atoms with Crippen LogP contribution in [-0.2, 0) is 4.79 Å². The number of nitrogens with zero attached hydrogens (tertiary/aromatic N) is 2. The Kier molecular flexibility index (Phi) is 4.78. The number of H-pyrrole nitrogens is 1. The van der Waals surface area contributed by atoms with Crippen LogP contribution in [0, 0.1) is 13.8 Å². The third kappa shape index (κ3) is 4.00. The Bertz CT molecular complexity index is 833. The molecule has 7 heteroatoms. The van der Waals surface area contributed by atoms with Gasteiger partial charge in [-0.25, -0.2) is 10.4 Å². The third-order valence-electron chi connectivity index (χ3n) is 3.18. The van der Waals surface area contributed by atoms with Crippen LogP contribution in [-0.4, -0.2) is 27.8 Å². The largest absolute Gasteiger partial charge is 0.362 e. The first-order chi connectivity index (χ1) is 11.1. The van der Waals surface area contributed by atoms with Gasteiger partial charge in [-0.3, -0.25) is 4.79 Å². The van der Waals surface area contributed by atoms with Crippen molar-refractivity contribution in [2.24, 2.45) is 5.10 Å². The molecule has 0 spiro atoms. The molecule has 0 fully saturated rings. The van der Waals surface area contributed by atoms with Crippen LogP contribution < -0.4 is 5.43 Å². The lowest BCUT2D eigenvalue weighted by atomic mass is 10.3. The van der Waals surface area contributed by atoms with Gasteiger partial charge in [0, 0.05) is 17.0 Å². The Balaban J connectivity index is 1.52. The van der Waals surface area contributed by atoms with Crippen LogP contribution in [0.2, 0.25) is 0 Å². The number of aromatic nitrogens is 2. The number of para-hydroxylation sites is 1. The number of carbonyl (C=O) groups excluding carboxylic acids is 1. The molecule has 0 atom stereocenters. The van der Waals surface area contributed by atoms with Crippen molar-refractivity contribution in [1.29, 1.82) is 0 Å². The van der Waals surface area contributed by atoms with Crippen LogP contribution in [0.15, 0.2) is 39.8 Å². The Morgan fingerprint density at radius 3 is 3.00 bits per heavy atom. The highest BCUT2D eigenvalue weighted by atomic mass is 32.2. The van der Waals surface area contributed by atoms with Gasteiger partial charge in [-0.15, -0.1) is 11.3 Å². The predicted octanol–water partition coefficient (Wildman–Crippen LogP) is 3.48. The van der Waals surface area contributed by atoms with Gasteiger partial charge in [-0.1, -0.05) is 23.9 Å². The molecule has 0 bridgehead atoms. The number of rotatable bonds is 5. The number of thioether (sulfide) groups is 1. The maximum absolute atomic E-state index is 11.8. The first kappa shape index (κ1) is 15.8. The quantitative estimate of drug-likeness (QED) is 0.423. The van der Waals surface area contributed by atoms with E-state index in [0.717, 1.165) is 31.5 Å². The van der Waals surface area contributed by atoms with Crippen molar-refractivity contribution in [3.63, 3.8) is 0 Å². The predicted molar refractivity (Wildman–Crippen MR) is 96.3 cm³/mol. The summed E-state index contributed by atoms with van der Waals surface area (Å²) in [7, 11) is 0. The molecule has 1 amide bonds. The molecule has 118 valence electrons. The number of hydrogen-bond acceptors (Lipinski definition) is 5. The molecule has 1 aromatic carbocycles. The van der Waals surface area contributed by atoms with E-state index in [9.17, 15) is 4.79 Å². The Hall–Kier alpha value is -2.12. The van der Waals surface area contributed by atoms with E-state index in [1.165, 1.54) is 11.8 Å². The van der Waals surface area contributed by atoms with E-state index in [1.54, 1.807) is 17.6 Å². The summed E-state index contributed by atoms with van der Waals surface area (Å²) >= 11 is 3.02. The maximum atomic E-state index is 11.8. The first-order valence-corrected chi connectivity index (χ1v) is 8.88. The first-order valence-electron chi connectivity index (χ1n) is 7.08. The van der Waals surface area contributed by atoms with Crippen molar-refractivity contribution in [3.8, 4) is 0 Å². The summed E-state index contributed by atoms with van der Waals surface area (Å²) in [5.41, 5.74) is 6.59. The fourth-order valence-electron chi connectivity index (χ4n) is 2.13. The van der Waals surface area contributed by atoms with E-state index in [0.29, 0.717) is 5.75 Å². The number of fused-ring (bicyclic) bond motifs is 1. The van der Waals surface area contributed by atoms with Gasteiger partial charge in [0.05, 0.1) is 22.2 Å². The molecule has 0 unspecified atom stereocenters. The molecule has 2 heterocycles. The molecular formula is C16H16N4OS2. The zero-order valence-corrected chi connectivity index (χ0v) is 14.4. The number of benzene rings is 1. The Morgan fingerprint density at radius 1 is 1.43 bits per heavy atom. The molecule has 0 saturated heterocycles. The minimum Gasteiger partial charge on any atom is -0.362 e. The second kappa shape index (κ2) is 6.97. The molecule has 0 radical (unpaired) electrons. The van der Waals surface area contributed by atoms with Gasteiger partial charge in [0.25, 0.3) is 5.91 Å². The highest BCUT2D eigenvalue weighted by Gasteiger charge is 2.07. The van der Waals surface area contributed by atoms with Crippen LogP contribution in [0.3, 0.4) is 0 Å². The number of nitrogens with one attached hydrogen (secondary N) is 2.